The van der Waals surface area contributed by atoms with Crippen LogP contribution in [0.4, 0.5) is 0 Å². The Morgan fingerprint density at radius 2 is 2.35 bits per heavy atom. The van der Waals surface area contributed by atoms with Gasteiger partial charge in [0.2, 0.25) is 5.91 Å². The Morgan fingerprint density at radius 3 is 3.10 bits per heavy atom. The number of nitrogens with one attached hydrogen (secondary N) is 3. The van der Waals surface area contributed by atoms with Crippen molar-refractivity contribution in [3.63, 3.8) is 0 Å². The number of hydrogen-bond donors (Lipinski definition) is 3. The molecule has 1 atom stereocenters. The standard InChI is InChI=1S/C14H17N5O/c20-13-4-3-12(18-13)9-16-7-11-8-17-19-14(11)10-2-1-5-15-6-10/h1-2,5-6,8,12,16H,3-4,7,9H2,(H,17,19)(H,18,20). The first-order valence-electron chi connectivity index (χ1n) is 6.75. The Kier molecular flexibility index (Phi) is 3.73. The molecule has 3 N–H and O–H groups in total. The highest BCUT2D eigenvalue weighted by Gasteiger charge is 2.20. The zero-order chi connectivity index (χ0) is 13.8. The van der Waals surface area contributed by atoms with Gasteiger partial charge in [0.1, 0.15) is 0 Å². The molecular formula is C14H17N5O. The summed E-state index contributed by atoms with van der Waals surface area (Å²) in [6, 6.07) is 4.15. The van der Waals surface area contributed by atoms with Crippen molar-refractivity contribution in [2.24, 2.45) is 0 Å². The van der Waals surface area contributed by atoms with Crippen LogP contribution >= 0.6 is 0 Å². The molecule has 1 amide bonds. The third kappa shape index (κ3) is 2.85. The molecule has 0 spiro atoms. The van der Waals surface area contributed by atoms with Crippen LogP contribution in [-0.4, -0.2) is 33.7 Å². The number of hydrogen-bond acceptors (Lipinski definition) is 4. The highest BCUT2D eigenvalue weighted by atomic mass is 16.1. The van der Waals surface area contributed by atoms with E-state index >= 15 is 0 Å². The highest BCUT2D eigenvalue weighted by Crippen LogP contribution is 2.19. The summed E-state index contributed by atoms with van der Waals surface area (Å²) in [5, 5.41) is 13.4. The Balaban J connectivity index is 1.59. The predicted molar refractivity (Wildman–Crippen MR) is 74.7 cm³/mol. The molecule has 3 rings (SSSR count). The zero-order valence-corrected chi connectivity index (χ0v) is 11.1. The van der Waals surface area contributed by atoms with E-state index in [9.17, 15) is 4.79 Å². The van der Waals surface area contributed by atoms with Crippen molar-refractivity contribution >= 4 is 5.91 Å². The third-order valence-corrected chi connectivity index (χ3v) is 3.46. The van der Waals surface area contributed by atoms with Crippen LogP contribution in [0, 0.1) is 0 Å². The van der Waals surface area contributed by atoms with E-state index in [0.29, 0.717) is 13.0 Å². The van der Waals surface area contributed by atoms with Gasteiger partial charge >= 0.3 is 0 Å². The van der Waals surface area contributed by atoms with Crippen LogP contribution in [0.25, 0.3) is 11.3 Å². The van der Waals surface area contributed by atoms with Gasteiger partial charge < -0.3 is 10.6 Å². The van der Waals surface area contributed by atoms with Gasteiger partial charge in [-0.1, -0.05) is 0 Å². The minimum atomic E-state index is 0.149. The molecule has 0 radical (unpaired) electrons. The largest absolute Gasteiger partial charge is 0.352 e. The topological polar surface area (TPSA) is 82.7 Å². The summed E-state index contributed by atoms with van der Waals surface area (Å²) in [4.78, 5) is 15.2. The first kappa shape index (κ1) is 12.8. The molecule has 0 bridgehead atoms. The maximum atomic E-state index is 11.1. The van der Waals surface area contributed by atoms with Gasteiger partial charge in [0.25, 0.3) is 0 Å². The van der Waals surface area contributed by atoms with E-state index in [1.54, 1.807) is 6.20 Å². The van der Waals surface area contributed by atoms with Gasteiger partial charge in [-0.25, -0.2) is 0 Å². The monoisotopic (exact) mass is 271 g/mol. The first-order valence-corrected chi connectivity index (χ1v) is 6.75. The highest BCUT2D eigenvalue weighted by molar-refractivity contribution is 5.78. The minimum Gasteiger partial charge on any atom is -0.352 e. The van der Waals surface area contributed by atoms with Gasteiger partial charge in [-0.3, -0.25) is 14.9 Å². The van der Waals surface area contributed by atoms with Gasteiger partial charge in [0, 0.05) is 49.1 Å². The summed E-state index contributed by atoms with van der Waals surface area (Å²) in [5.74, 6) is 0.149. The number of H-pyrrole nitrogens is 1. The molecule has 0 aliphatic carbocycles. The normalized spacial score (nSPS) is 18.2. The molecule has 1 aliphatic heterocycles. The van der Waals surface area contributed by atoms with Gasteiger partial charge in [0.15, 0.2) is 0 Å². The maximum absolute atomic E-state index is 11.1. The Bertz CT molecular complexity index is 580. The van der Waals surface area contributed by atoms with Crippen LogP contribution in [-0.2, 0) is 11.3 Å². The Morgan fingerprint density at radius 1 is 1.40 bits per heavy atom. The molecule has 1 unspecified atom stereocenters. The molecule has 2 aromatic rings. The summed E-state index contributed by atoms with van der Waals surface area (Å²) in [5.41, 5.74) is 3.11. The molecule has 3 heterocycles. The van der Waals surface area contributed by atoms with Crippen molar-refractivity contribution in [1.82, 2.24) is 25.8 Å². The fourth-order valence-corrected chi connectivity index (χ4v) is 2.42. The van der Waals surface area contributed by atoms with Crippen molar-refractivity contribution in [2.45, 2.75) is 25.4 Å². The lowest BCUT2D eigenvalue weighted by atomic mass is 10.1. The van der Waals surface area contributed by atoms with Crippen molar-refractivity contribution in [3.05, 3.63) is 36.3 Å². The fourth-order valence-electron chi connectivity index (χ4n) is 2.42. The summed E-state index contributed by atoms with van der Waals surface area (Å²) in [6.45, 7) is 1.50. The van der Waals surface area contributed by atoms with Gasteiger partial charge in [0.05, 0.1) is 11.9 Å². The van der Waals surface area contributed by atoms with E-state index in [1.807, 2.05) is 24.5 Å². The molecule has 20 heavy (non-hydrogen) atoms. The number of amides is 1. The second-order valence-corrected chi connectivity index (χ2v) is 4.95. The third-order valence-electron chi connectivity index (χ3n) is 3.46. The first-order chi connectivity index (χ1) is 9.83. The quantitative estimate of drug-likeness (QED) is 0.752. The number of rotatable bonds is 5. The lowest BCUT2D eigenvalue weighted by molar-refractivity contribution is -0.119. The lowest BCUT2D eigenvalue weighted by Gasteiger charge is -2.11. The SMILES string of the molecule is O=C1CCC(CNCc2cn[nH]c2-c2cccnc2)N1. The number of aromatic amines is 1. The lowest BCUT2D eigenvalue weighted by Crippen LogP contribution is -2.35. The van der Waals surface area contributed by atoms with E-state index in [2.05, 4.69) is 25.8 Å². The molecule has 6 heteroatoms. The minimum absolute atomic E-state index is 0.149. The average Bonchev–Trinajstić information content (AvgIpc) is 3.09. The molecule has 104 valence electrons. The fraction of sp³-hybridized carbons (Fsp3) is 0.357. The van der Waals surface area contributed by atoms with E-state index in [4.69, 9.17) is 0 Å². The summed E-state index contributed by atoms with van der Waals surface area (Å²) in [7, 11) is 0. The number of carbonyl (C=O) groups excluding carboxylic acids is 1. The van der Waals surface area contributed by atoms with Crippen molar-refractivity contribution in [1.29, 1.82) is 0 Å². The van der Waals surface area contributed by atoms with Crippen molar-refractivity contribution < 1.29 is 4.79 Å². The van der Waals surface area contributed by atoms with E-state index < -0.39 is 0 Å². The van der Waals surface area contributed by atoms with Crippen LogP contribution in [0.15, 0.2) is 30.7 Å². The van der Waals surface area contributed by atoms with Crippen LogP contribution < -0.4 is 10.6 Å². The van der Waals surface area contributed by atoms with Crippen molar-refractivity contribution in [3.8, 4) is 11.3 Å². The molecule has 1 aliphatic rings. The summed E-state index contributed by atoms with van der Waals surface area (Å²) >= 11 is 0. The second kappa shape index (κ2) is 5.83. The predicted octanol–water partition coefficient (Wildman–Crippen LogP) is 0.840. The number of nitrogens with zero attached hydrogens (tertiary/aromatic N) is 2. The molecule has 0 saturated carbocycles. The van der Waals surface area contributed by atoms with Crippen LogP contribution in [0.3, 0.4) is 0 Å². The van der Waals surface area contributed by atoms with E-state index in [0.717, 1.165) is 29.8 Å². The molecule has 1 fully saturated rings. The van der Waals surface area contributed by atoms with Crippen LogP contribution in [0.2, 0.25) is 0 Å². The summed E-state index contributed by atoms with van der Waals surface area (Å²) < 4.78 is 0. The Labute approximate surface area is 117 Å². The smallest absolute Gasteiger partial charge is 0.220 e. The van der Waals surface area contributed by atoms with Gasteiger partial charge in [-0.05, 0) is 18.6 Å². The number of aromatic nitrogens is 3. The van der Waals surface area contributed by atoms with Gasteiger partial charge in [-0.2, -0.15) is 5.10 Å². The number of carbonyl (C=O) groups is 1. The van der Waals surface area contributed by atoms with Crippen LogP contribution in [0.1, 0.15) is 18.4 Å². The second-order valence-electron chi connectivity index (χ2n) is 4.95. The molecule has 6 nitrogen and oxygen atoms in total. The number of pyridine rings is 1. The molecule has 1 saturated heterocycles. The summed E-state index contributed by atoms with van der Waals surface area (Å²) in [6.07, 6.45) is 6.93. The van der Waals surface area contributed by atoms with Gasteiger partial charge in [-0.15, -0.1) is 0 Å². The maximum Gasteiger partial charge on any atom is 0.220 e. The average molecular weight is 271 g/mol. The molecule has 0 aromatic carbocycles. The van der Waals surface area contributed by atoms with E-state index in [-0.39, 0.29) is 11.9 Å². The zero-order valence-electron chi connectivity index (χ0n) is 11.1. The Hall–Kier alpha value is -2.21. The van der Waals surface area contributed by atoms with E-state index in [1.165, 1.54) is 0 Å². The van der Waals surface area contributed by atoms with Crippen molar-refractivity contribution in [2.75, 3.05) is 6.54 Å². The molecular weight excluding hydrogens is 254 g/mol. The van der Waals surface area contributed by atoms with Crippen LogP contribution in [0.5, 0.6) is 0 Å². The molecule has 2 aromatic heterocycles.